The second-order valence-electron chi connectivity index (χ2n) is 7.07. The molecule has 144 valence electrons. The van der Waals surface area contributed by atoms with E-state index < -0.39 is 0 Å². The van der Waals surface area contributed by atoms with Crippen LogP contribution < -0.4 is 5.56 Å². The van der Waals surface area contributed by atoms with Gasteiger partial charge < -0.3 is 4.74 Å². The van der Waals surface area contributed by atoms with E-state index in [1.54, 1.807) is 11.7 Å². The number of benzene rings is 1. The van der Waals surface area contributed by atoms with Gasteiger partial charge in [-0.05, 0) is 56.2 Å². The van der Waals surface area contributed by atoms with Gasteiger partial charge in [0.2, 0.25) is 0 Å². The van der Waals surface area contributed by atoms with Crippen molar-refractivity contribution in [2.24, 2.45) is 0 Å². The van der Waals surface area contributed by atoms with Gasteiger partial charge in [0, 0.05) is 37.5 Å². The van der Waals surface area contributed by atoms with Gasteiger partial charge >= 0.3 is 0 Å². The van der Waals surface area contributed by atoms with E-state index in [2.05, 4.69) is 17.1 Å². The molecule has 3 aromatic heterocycles. The van der Waals surface area contributed by atoms with Crippen molar-refractivity contribution in [1.82, 2.24) is 19.2 Å². The molecule has 6 nitrogen and oxygen atoms in total. The zero-order chi connectivity index (χ0) is 19.8. The molecule has 0 N–H and O–H groups in total. The Labute approximate surface area is 163 Å². The van der Waals surface area contributed by atoms with Gasteiger partial charge in [0.1, 0.15) is 5.65 Å². The summed E-state index contributed by atoms with van der Waals surface area (Å²) >= 11 is 0. The molecule has 4 aromatic rings. The van der Waals surface area contributed by atoms with Gasteiger partial charge in [-0.2, -0.15) is 5.10 Å². The van der Waals surface area contributed by atoms with Crippen molar-refractivity contribution in [2.75, 3.05) is 13.7 Å². The molecule has 0 aliphatic rings. The molecule has 6 heteroatoms. The number of ether oxygens (including phenoxy) is 1. The predicted octanol–water partition coefficient (Wildman–Crippen LogP) is 3.54. The molecular formula is C22H24N4O2. The van der Waals surface area contributed by atoms with E-state index in [1.807, 2.05) is 49.6 Å². The number of hydrogen-bond donors (Lipinski definition) is 0. The highest BCUT2D eigenvalue weighted by molar-refractivity contribution is 5.85. The summed E-state index contributed by atoms with van der Waals surface area (Å²) in [6.45, 7) is 7.15. The lowest BCUT2D eigenvalue weighted by molar-refractivity contribution is 0.201. The van der Waals surface area contributed by atoms with Crippen molar-refractivity contribution in [3.63, 3.8) is 0 Å². The summed E-state index contributed by atoms with van der Waals surface area (Å²) in [5.74, 6) is 0. The monoisotopic (exact) mass is 376 g/mol. The third kappa shape index (κ3) is 3.10. The molecule has 0 amide bonds. The van der Waals surface area contributed by atoms with E-state index in [1.165, 1.54) is 0 Å². The van der Waals surface area contributed by atoms with Crippen LogP contribution in [0, 0.1) is 13.8 Å². The Morgan fingerprint density at radius 1 is 1.04 bits per heavy atom. The molecule has 0 spiro atoms. The zero-order valence-electron chi connectivity index (χ0n) is 16.7. The van der Waals surface area contributed by atoms with Crippen LogP contribution in [0.2, 0.25) is 0 Å². The van der Waals surface area contributed by atoms with Gasteiger partial charge in [-0.1, -0.05) is 6.07 Å². The quantitative estimate of drug-likeness (QED) is 0.535. The van der Waals surface area contributed by atoms with Crippen molar-refractivity contribution >= 4 is 16.6 Å². The minimum absolute atomic E-state index is 0.0110. The van der Waals surface area contributed by atoms with Gasteiger partial charge in [-0.3, -0.25) is 14.3 Å². The van der Waals surface area contributed by atoms with Crippen LogP contribution in [0.25, 0.3) is 27.7 Å². The third-order valence-electron chi connectivity index (χ3n) is 5.01. The first-order valence-electron chi connectivity index (χ1n) is 9.51. The highest BCUT2D eigenvalue weighted by atomic mass is 16.5. The van der Waals surface area contributed by atoms with Crippen LogP contribution in [0.15, 0.2) is 41.2 Å². The smallest absolute Gasteiger partial charge is 0.261 e. The van der Waals surface area contributed by atoms with Gasteiger partial charge in [-0.15, -0.1) is 0 Å². The largest absolute Gasteiger partial charge is 0.384 e. The van der Waals surface area contributed by atoms with Gasteiger partial charge in [-0.25, -0.2) is 4.52 Å². The van der Waals surface area contributed by atoms with Crippen LogP contribution in [-0.2, 0) is 17.7 Å². The Morgan fingerprint density at radius 2 is 1.79 bits per heavy atom. The molecule has 0 unspecified atom stereocenters. The third-order valence-corrected chi connectivity index (χ3v) is 5.01. The van der Waals surface area contributed by atoms with E-state index in [-0.39, 0.29) is 5.56 Å². The van der Waals surface area contributed by atoms with E-state index in [4.69, 9.17) is 9.84 Å². The molecule has 0 saturated heterocycles. The minimum Gasteiger partial charge on any atom is -0.384 e. The van der Waals surface area contributed by atoms with Gasteiger partial charge in [0.25, 0.3) is 5.56 Å². The number of aromatic nitrogens is 4. The van der Waals surface area contributed by atoms with Crippen LogP contribution in [0.4, 0.5) is 0 Å². The van der Waals surface area contributed by atoms with Crippen molar-refractivity contribution in [1.29, 1.82) is 0 Å². The summed E-state index contributed by atoms with van der Waals surface area (Å²) in [5, 5.41) is 5.43. The predicted molar refractivity (Wildman–Crippen MR) is 111 cm³/mol. The number of nitrogens with zero attached hydrogens (tertiary/aromatic N) is 4. The van der Waals surface area contributed by atoms with Crippen molar-refractivity contribution < 1.29 is 4.74 Å². The fourth-order valence-corrected chi connectivity index (χ4v) is 3.74. The molecule has 28 heavy (non-hydrogen) atoms. The SMILES string of the molecule is CCn1c(=O)c2ccc(-c3cc(C)nc(C)c3)cc2n2nc(CCOC)cc12. The number of aryl methyl sites for hydroxylation is 3. The average molecular weight is 376 g/mol. The Kier molecular flexibility index (Phi) is 4.73. The molecule has 0 bridgehead atoms. The maximum atomic E-state index is 13.0. The van der Waals surface area contributed by atoms with E-state index in [9.17, 15) is 4.79 Å². The molecule has 0 aliphatic heterocycles. The molecular weight excluding hydrogens is 352 g/mol. The second kappa shape index (κ2) is 7.20. The van der Waals surface area contributed by atoms with Crippen LogP contribution in [0.3, 0.4) is 0 Å². The summed E-state index contributed by atoms with van der Waals surface area (Å²) in [4.78, 5) is 17.5. The summed E-state index contributed by atoms with van der Waals surface area (Å²) in [7, 11) is 1.68. The van der Waals surface area contributed by atoms with Crippen LogP contribution in [-0.4, -0.2) is 32.9 Å². The molecule has 4 rings (SSSR count). The second-order valence-corrected chi connectivity index (χ2v) is 7.07. The average Bonchev–Trinajstić information content (AvgIpc) is 3.09. The molecule has 0 atom stereocenters. The molecule has 0 aliphatic carbocycles. The number of fused-ring (bicyclic) bond motifs is 3. The first-order chi connectivity index (χ1) is 13.5. The summed E-state index contributed by atoms with van der Waals surface area (Å²) in [6.07, 6.45) is 0.708. The Balaban J connectivity index is 2.00. The first-order valence-corrected chi connectivity index (χ1v) is 9.51. The zero-order valence-corrected chi connectivity index (χ0v) is 16.7. The Morgan fingerprint density at radius 3 is 2.46 bits per heavy atom. The maximum Gasteiger partial charge on any atom is 0.261 e. The molecule has 3 heterocycles. The summed E-state index contributed by atoms with van der Waals surface area (Å²) in [6, 6.07) is 12.1. The lowest BCUT2D eigenvalue weighted by Gasteiger charge is -2.11. The Hall–Kier alpha value is -2.99. The molecule has 0 radical (unpaired) electrons. The van der Waals surface area contributed by atoms with Crippen molar-refractivity contribution in [3.05, 3.63) is 63.8 Å². The molecule has 0 fully saturated rings. The number of pyridine rings is 1. The summed E-state index contributed by atoms with van der Waals surface area (Å²) in [5.41, 5.74) is 6.64. The Bertz CT molecular complexity index is 1220. The van der Waals surface area contributed by atoms with Crippen LogP contribution >= 0.6 is 0 Å². The molecule has 0 saturated carbocycles. The normalized spacial score (nSPS) is 11.6. The number of methoxy groups -OCH3 is 1. The van der Waals surface area contributed by atoms with Crippen LogP contribution in [0.1, 0.15) is 24.0 Å². The molecule has 1 aromatic carbocycles. The lowest BCUT2D eigenvalue weighted by Crippen LogP contribution is -2.22. The fourth-order valence-electron chi connectivity index (χ4n) is 3.74. The fraction of sp³-hybridized carbons (Fsp3) is 0.318. The number of rotatable bonds is 5. The number of hydrogen-bond acceptors (Lipinski definition) is 4. The minimum atomic E-state index is 0.0110. The van der Waals surface area contributed by atoms with Gasteiger partial charge in [0.05, 0.1) is 23.2 Å². The standard InChI is InChI=1S/C22H24N4O2/c1-5-25-21-13-18(8-9-28-4)24-26(21)20-12-16(6-7-19(20)22(25)27)17-10-14(2)23-15(3)11-17/h6-7,10-13H,5,8-9H2,1-4H3. The van der Waals surface area contributed by atoms with E-state index in [0.717, 1.165) is 39.4 Å². The van der Waals surface area contributed by atoms with E-state index in [0.29, 0.717) is 25.0 Å². The maximum absolute atomic E-state index is 13.0. The van der Waals surface area contributed by atoms with Gasteiger partial charge in [0.15, 0.2) is 0 Å². The van der Waals surface area contributed by atoms with Crippen LogP contribution in [0.5, 0.6) is 0 Å². The topological polar surface area (TPSA) is 61.4 Å². The van der Waals surface area contributed by atoms with Crippen molar-refractivity contribution in [2.45, 2.75) is 33.7 Å². The highest BCUT2D eigenvalue weighted by Crippen LogP contribution is 2.25. The first kappa shape index (κ1) is 18.4. The summed E-state index contributed by atoms with van der Waals surface area (Å²) < 4.78 is 8.84. The lowest BCUT2D eigenvalue weighted by atomic mass is 10.0. The van der Waals surface area contributed by atoms with E-state index >= 15 is 0 Å². The van der Waals surface area contributed by atoms with Crippen molar-refractivity contribution in [3.8, 4) is 11.1 Å². The highest BCUT2D eigenvalue weighted by Gasteiger charge is 2.14.